The Morgan fingerprint density at radius 2 is 1.54 bits per heavy atom. The number of carbonyl (C=O) groups is 1. The quantitative estimate of drug-likeness (QED) is 0.648. The van der Waals surface area contributed by atoms with E-state index < -0.39 is 18.4 Å². The van der Waals surface area contributed by atoms with Crippen molar-refractivity contribution >= 4 is 6.09 Å². The highest BCUT2D eigenvalue weighted by atomic mass is 16.7. The summed E-state index contributed by atoms with van der Waals surface area (Å²) >= 11 is 0. The third-order valence-electron chi connectivity index (χ3n) is 4.83. The van der Waals surface area contributed by atoms with Crippen molar-refractivity contribution in [3.63, 3.8) is 0 Å². The van der Waals surface area contributed by atoms with Crippen LogP contribution in [0.3, 0.4) is 0 Å². The van der Waals surface area contributed by atoms with Gasteiger partial charge in [-0.15, -0.1) is 0 Å². The lowest BCUT2D eigenvalue weighted by atomic mass is 9.98. The molecule has 0 spiro atoms. The van der Waals surface area contributed by atoms with Crippen LogP contribution in [0, 0.1) is 0 Å². The van der Waals surface area contributed by atoms with E-state index in [1.165, 1.54) is 11.1 Å². The van der Waals surface area contributed by atoms with Gasteiger partial charge in [-0.05, 0) is 36.1 Å². The summed E-state index contributed by atoms with van der Waals surface area (Å²) in [7, 11) is 0. The number of hydrogen-bond acceptors (Lipinski definition) is 5. The average Bonchev–Trinajstić information content (AvgIpc) is 3.04. The largest absolute Gasteiger partial charge is 0.449 e. The zero-order valence-electron chi connectivity index (χ0n) is 16.3. The van der Waals surface area contributed by atoms with Crippen molar-refractivity contribution in [3.8, 4) is 11.1 Å². The molecule has 0 radical (unpaired) electrons. The van der Waals surface area contributed by atoms with Crippen molar-refractivity contribution in [2.24, 2.45) is 0 Å². The summed E-state index contributed by atoms with van der Waals surface area (Å²) in [6.07, 6.45) is -1.33. The van der Waals surface area contributed by atoms with Gasteiger partial charge in [-0.1, -0.05) is 48.5 Å². The lowest BCUT2D eigenvalue weighted by molar-refractivity contribution is -0.158. The molecule has 0 saturated carbocycles. The second-order valence-electron chi connectivity index (χ2n) is 6.54. The number of nitrogens with one attached hydrogen (secondary N) is 1. The second-order valence-corrected chi connectivity index (χ2v) is 6.54. The zero-order valence-corrected chi connectivity index (χ0v) is 16.3. The van der Waals surface area contributed by atoms with E-state index in [-0.39, 0.29) is 19.1 Å². The molecule has 28 heavy (non-hydrogen) atoms. The fourth-order valence-corrected chi connectivity index (χ4v) is 3.60. The number of ether oxygens (including phenoxy) is 3. The zero-order chi connectivity index (χ0) is 19.9. The minimum absolute atomic E-state index is 0.0136. The van der Waals surface area contributed by atoms with Crippen LogP contribution in [0.2, 0.25) is 0 Å². The first kappa shape index (κ1) is 20.3. The predicted octanol–water partition coefficient (Wildman–Crippen LogP) is 3.29. The molecule has 0 bridgehead atoms. The summed E-state index contributed by atoms with van der Waals surface area (Å²) in [5.74, 6) is -0.0136. The molecule has 2 aromatic rings. The maximum Gasteiger partial charge on any atom is 0.407 e. The summed E-state index contributed by atoms with van der Waals surface area (Å²) < 4.78 is 16.4. The first-order valence-electron chi connectivity index (χ1n) is 9.65. The van der Waals surface area contributed by atoms with Gasteiger partial charge in [0.05, 0.1) is 6.61 Å². The number of hydrogen-bond donors (Lipinski definition) is 2. The van der Waals surface area contributed by atoms with Gasteiger partial charge in [0.1, 0.15) is 12.6 Å². The van der Waals surface area contributed by atoms with Gasteiger partial charge in [0.15, 0.2) is 6.29 Å². The maximum absolute atomic E-state index is 12.4. The van der Waals surface area contributed by atoms with E-state index in [1.54, 1.807) is 0 Å². The molecule has 0 saturated heterocycles. The van der Waals surface area contributed by atoms with Crippen LogP contribution in [0.25, 0.3) is 11.1 Å². The lowest BCUT2D eigenvalue weighted by Gasteiger charge is -2.26. The van der Waals surface area contributed by atoms with Crippen molar-refractivity contribution in [2.45, 2.75) is 32.1 Å². The van der Waals surface area contributed by atoms with Gasteiger partial charge in [0.2, 0.25) is 0 Å². The molecule has 2 N–H and O–H groups in total. The smallest absolute Gasteiger partial charge is 0.407 e. The molecule has 0 heterocycles. The number of alkyl carbamates (subject to hydrolysis) is 1. The molecule has 6 nitrogen and oxygen atoms in total. The summed E-state index contributed by atoms with van der Waals surface area (Å²) in [4.78, 5) is 12.4. The predicted molar refractivity (Wildman–Crippen MR) is 106 cm³/mol. The molecule has 0 aliphatic heterocycles. The van der Waals surface area contributed by atoms with Gasteiger partial charge in [-0.3, -0.25) is 0 Å². The van der Waals surface area contributed by atoms with Crippen LogP contribution in [-0.4, -0.2) is 50.0 Å². The molecule has 1 aliphatic carbocycles. The highest BCUT2D eigenvalue weighted by Gasteiger charge is 2.30. The Balaban J connectivity index is 1.66. The fourth-order valence-electron chi connectivity index (χ4n) is 3.60. The van der Waals surface area contributed by atoms with Crippen molar-refractivity contribution in [1.82, 2.24) is 5.32 Å². The Hall–Kier alpha value is -2.41. The molecule has 0 unspecified atom stereocenters. The molecule has 3 rings (SSSR count). The Morgan fingerprint density at radius 1 is 1.00 bits per heavy atom. The highest BCUT2D eigenvalue weighted by molar-refractivity contribution is 5.79. The molecule has 0 aromatic heterocycles. The van der Waals surface area contributed by atoms with Gasteiger partial charge >= 0.3 is 6.09 Å². The van der Waals surface area contributed by atoms with E-state index in [0.29, 0.717) is 13.2 Å². The third-order valence-corrected chi connectivity index (χ3v) is 4.83. The van der Waals surface area contributed by atoms with Crippen molar-refractivity contribution in [1.29, 1.82) is 0 Å². The Kier molecular flexibility index (Phi) is 7.03. The summed E-state index contributed by atoms with van der Waals surface area (Å²) in [6.45, 7) is 4.38. The van der Waals surface area contributed by atoms with Crippen LogP contribution in [-0.2, 0) is 14.2 Å². The Morgan fingerprint density at radius 3 is 2.04 bits per heavy atom. The lowest BCUT2D eigenvalue weighted by Crippen LogP contribution is -2.48. The number of aliphatic hydroxyl groups excluding tert-OH is 1. The van der Waals surface area contributed by atoms with Crippen LogP contribution in [0.5, 0.6) is 0 Å². The minimum atomic E-state index is -0.722. The van der Waals surface area contributed by atoms with Crippen LogP contribution < -0.4 is 5.32 Å². The molecule has 150 valence electrons. The summed E-state index contributed by atoms with van der Waals surface area (Å²) in [5.41, 5.74) is 4.65. The monoisotopic (exact) mass is 385 g/mol. The van der Waals surface area contributed by atoms with Crippen molar-refractivity contribution < 1.29 is 24.1 Å². The van der Waals surface area contributed by atoms with E-state index >= 15 is 0 Å². The molecular weight excluding hydrogens is 358 g/mol. The standard InChI is InChI=1S/C22H27NO5/c1-3-26-21(27-4-2)20(13-24)23-22(25)28-14-19-17-11-7-5-9-15(17)16-10-6-8-12-18(16)19/h5-12,19-21,24H,3-4,13-14H2,1-2H3,(H,23,25)/t20-/m1/s1. The van der Waals surface area contributed by atoms with Gasteiger partial charge in [-0.25, -0.2) is 4.79 Å². The third kappa shape index (κ3) is 4.35. The van der Waals surface area contributed by atoms with Crippen molar-refractivity contribution in [2.75, 3.05) is 26.4 Å². The SMILES string of the molecule is CCOC(OCC)[C@@H](CO)NC(=O)OCC1c2ccccc2-c2ccccc21. The molecule has 0 fully saturated rings. The van der Waals surface area contributed by atoms with Gasteiger partial charge in [-0.2, -0.15) is 0 Å². The molecule has 1 amide bonds. The van der Waals surface area contributed by atoms with Gasteiger partial charge in [0.25, 0.3) is 0 Å². The molecular formula is C22H27NO5. The van der Waals surface area contributed by atoms with Crippen LogP contribution in [0.4, 0.5) is 4.79 Å². The number of aliphatic hydroxyl groups is 1. The van der Waals surface area contributed by atoms with Gasteiger partial charge < -0.3 is 24.6 Å². The Labute approximate surface area is 165 Å². The average molecular weight is 385 g/mol. The fraction of sp³-hybridized carbons (Fsp3) is 0.409. The van der Waals surface area contributed by atoms with Crippen LogP contribution in [0.1, 0.15) is 30.9 Å². The number of rotatable bonds is 9. The maximum atomic E-state index is 12.4. The molecule has 1 aliphatic rings. The Bertz CT molecular complexity index is 743. The van der Waals surface area contributed by atoms with E-state index in [1.807, 2.05) is 38.1 Å². The second kappa shape index (κ2) is 9.68. The molecule has 6 heteroatoms. The van der Waals surface area contributed by atoms with Crippen molar-refractivity contribution in [3.05, 3.63) is 59.7 Å². The van der Waals surface area contributed by atoms with E-state index in [0.717, 1.165) is 11.1 Å². The topological polar surface area (TPSA) is 77.0 Å². The van der Waals surface area contributed by atoms with Gasteiger partial charge in [0, 0.05) is 19.1 Å². The molecule has 2 aromatic carbocycles. The first-order chi connectivity index (χ1) is 13.7. The van der Waals surface area contributed by atoms with E-state index in [2.05, 4.69) is 29.6 Å². The number of benzene rings is 2. The number of amides is 1. The number of carbonyl (C=O) groups excluding carboxylic acids is 1. The minimum Gasteiger partial charge on any atom is -0.449 e. The summed E-state index contributed by atoms with van der Waals surface area (Å²) in [6, 6.07) is 15.6. The normalized spacial score (nSPS) is 13.9. The van der Waals surface area contributed by atoms with E-state index in [4.69, 9.17) is 14.2 Å². The highest BCUT2D eigenvalue weighted by Crippen LogP contribution is 2.44. The first-order valence-corrected chi connectivity index (χ1v) is 9.65. The molecule has 1 atom stereocenters. The van der Waals surface area contributed by atoms with E-state index in [9.17, 15) is 9.90 Å². The van der Waals surface area contributed by atoms with Crippen LogP contribution >= 0.6 is 0 Å². The van der Waals surface area contributed by atoms with Crippen LogP contribution in [0.15, 0.2) is 48.5 Å². The summed E-state index contributed by atoms with van der Waals surface area (Å²) in [5, 5.41) is 12.3. The number of fused-ring (bicyclic) bond motifs is 3.